The molecule has 1 aromatic rings. The third-order valence-corrected chi connectivity index (χ3v) is 7.13. The Hall–Kier alpha value is -2.99. The third kappa shape index (κ3) is 3.86. The van der Waals surface area contributed by atoms with Crippen molar-refractivity contribution in [2.45, 2.75) is 46.0 Å². The van der Waals surface area contributed by atoms with Crippen LogP contribution in [0, 0.1) is 0 Å². The number of anilines is 1. The van der Waals surface area contributed by atoms with Gasteiger partial charge in [0.15, 0.2) is 5.11 Å². The Bertz CT molecular complexity index is 1100. The summed E-state index contributed by atoms with van der Waals surface area (Å²) in [6.45, 7) is 10.2. The first-order valence-corrected chi connectivity index (χ1v) is 12.1. The first kappa shape index (κ1) is 23.2. The maximum Gasteiger partial charge on any atom is 0.265 e. The fourth-order valence-corrected chi connectivity index (χ4v) is 5.55. The van der Waals surface area contributed by atoms with Crippen LogP contribution in [0.2, 0.25) is 0 Å². The largest absolute Gasteiger partial charge is 0.344 e. The van der Waals surface area contributed by atoms with Gasteiger partial charge in [0.1, 0.15) is 5.57 Å². The molecule has 3 heterocycles. The molecule has 0 bridgehead atoms. The number of likely N-dealkylation sites (N-methyl/N-ethyl adjacent to an activating group) is 2. The van der Waals surface area contributed by atoms with Gasteiger partial charge in [0.25, 0.3) is 11.8 Å². The highest BCUT2D eigenvalue weighted by molar-refractivity contribution is 7.80. The molecule has 0 radical (unpaired) electrons. The first-order chi connectivity index (χ1) is 15.8. The van der Waals surface area contributed by atoms with Crippen LogP contribution < -0.4 is 4.90 Å². The monoisotopic (exact) mass is 461 g/mol. The van der Waals surface area contributed by atoms with Crippen LogP contribution in [-0.4, -0.2) is 46.4 Å². The van der Waals surface area contributed by atoms with Crippen LogP contribution in [0.4, 0.5) is 5.69 Å². The van der Waals surface area contributed by atoms with Crippen LogP contribution in [0.5, 0.6) is 0 Å². The fraction of sp³-hybridized carbons (Fsp3) is 0.370. The topological polar surface area (TPSA) is 43.9 Å². The van der Waals surface area contributed by atoms with E-state index in [0.29, 0.717) is 13.1 Å². The Morgan fingerprint density at radius 1 is 1.00 bits per heavy atom. The summed E-state index contributed by atoms with van der Waals surface area (Å²) >= 11 is 5.31. The van der Waals surface area contributed by atoms with E-state index in [-0.39, 0.29) is 27.9 Å². The molecule has 5 nitrogen and oxygen atoms in total. The van der Waals surface area contributed by atoms with Crippen molar-refractivity contribution in [2.24, 2.45) is 0 Å². The minimum Gasteiger partial charge on any atom is -0.344 e. The number of amides is 2. The average Bonchev–Trinajstić information content (AvgIpc) is 3.04. The molecule has 1 saturated heterocycles. The summed E-state index contributed by atoms with van der Waals surface area (Å²) in [6, 6.07) is 8.67. The molecule has 0 spiro atoms. The summed E-state index contributed by atoms with van der Waals surface area (Å²) in [4.78, 5) is 30.8. The summed E-state index contributed by atoms with van der Waals surface area (Å²) in [5, 5.41) is 0.284. The van der Waals surface area contributed by atoms with E-state index in [0.717, 1.165) is 19.4 Å². The number of hydrogen-bond donors (Lipinski definition) is 0. The number of benzene rings is 1. The van der Waals surface area contributed by atoms with Gasteiger partial charge in [-0.1, -0.05) is 56.4 Å². The number of hydrogen-bond acceptors (Lipinski definition) is 4. The van der Waals surface area contributed by atoms with E-state index in [2.05, 4.69) is 49.1 Å². The van der Waals surface area contributed by atoms with Crippen LogP contribution in [0.15, 0.2) is 71.5 Å². The highest BCUT2D eigenvalue weighted by Crippen LogP contribution is 2.50. The van der Waals surface area contributed by atoms with Gasteiger partial charge in [-0.2, -0.15) is 0 Å². The van der Waals surface area contributed by atoms with E-state index in [4.69, 9.17) is 12.2 Å². The van der Waals surface area contributed by atoms with Crippen molar-refractivity contribution in [3.05, 3.63) is 77.1 Å². The lowest BCUT2D eigenvalue weighted by Gasteiger charge is -2.35. The smallest absolute Gasteiger partial charge is 0.265 e. The number of fused-ring (bicyclic) bond motifs is 3. The summed E-state index contributed by atoms with van der Waals surface area (Å²) < 4.78 is 0. The molecule has 4 rings (SSSR count). The van der Waals surface area contributed by atoms with Gasteiger partial charge < -0.3 is 4.90 Å². The zero-order valence-corrected chi connectivity index (χ0v) is 20.6. The van der Waals surface area contributed by atoms with Gasteiger partial charge in [0, 0.05) is 36.4 Å². The van der Waals surface area contributed by atoms with Crippen LogP contribution >= 0.6 is 12.2 Å². The number of thiocarbonyl (C=S) groups is 1. The number of carbonyl (C=O) groups is 2. The van der Waals surface area contributed by atoms with Crippen molar-refractivity contribution >= 4 is 34.8 Å². The Balaban J connectivity index is 1.58. The van der Waals surface area contributed by atoms with Gasteiger partial charge in [-0.15, -0.1) is 0 Å². The number of para-hydroxylation sites is 1. The standard InChI is InChI=1S/C27H31N3O2S/c1-5-28-24(31)20(25(32)29(6-2)26(28)33)15-9-7-8-13-19-14-12-18-30-22-17-11-10-16-21(22)27(3,4)23(19)30/h7-11,13,15-17H,5-6,12,14,18H2,1-4H3/b9-7+,13-8+. The number of nitrogens with zero attached hydrogens (tertiary/aromatic N) is 3. The zero-order valence-electron chi connectivity index (χ0n) is 19.8. The summed E-state index contributed by atoms with van der Waals surface area (Å²) in [5.74, 6) is -0.659. The van der Waals surface area contributed by atoms with Gasteiger partial charge in [-0.05, 0) is 62.2 Å². The molecule has 6 heteroatoms. The lowest BCUT2D eigenvalue weighted by Crippen LogP contribution is -2.55. The quantitative estimate of drug-likeness (QED) is 0.272. The molecular weight excluding hydrogens is 430 g/mol. The molecule has 2 amide bonds. The lowest BCUT2D eigenvalue weighted by molar-refractivity contribution is -0.133. The molecule has 3 aliphatic rings. The molecule has 0 N–H and O–H groups in total. The van der Waals surface area contributed by atoms with E-state index in [1.807, 2.05) is 26.0 Å². The maximum absolute atomic E-state index is 12.7. The molecule has 0 aromatic heterocycles. The molecule has 0 atom stereocenters. The van der Waals surface area contributed by atoms with Crippen molar-refractivity contribution in [3.63, 3.8) is 0 Å². The van der Waals surface area contributed by atoms with E-state index >= 15 is 0 Å². The van der Waals surface area contributed by atoms with E-state index in [1.165, 1.54) is 32.3 Å². The lowest BCUT2D eigenvalue weighted by atomic mass is 9.80. The molecule has 1 fully saturated rings. The predicted octanol–water partition coefficient (Wildman–Crippen LogP) is 4.87. The van der Waals surface area contributed by atoms with Gasteiger partial charge in [-0.25, -0.2) is 0 Å². The number of rotatable bonds is 5. The summed E-state index contributed by atoms with van der Waals surface area (Å²) in [5.41, 5.74) is 5.52. The summed E-state index contributed by atoms with van der Waals surface area (Å²) in [7, 11) is 0. The second kappa shape index (κ2) is 9.10. The Kier molecular flexibility index (Phi) is 6.39. The molecule has 3 aliphatic heterocycles. The van der Waals surface area contributed by atoms with Crippen LogP contribution in [0.25, 0.3) is 0 Å². The van der Waals surface area contributed by atoms with Crippen molar-refractivity contribution in [1.82, 2.24) is 9.80 Å². The number of carbonyl (C=O) groups excluding carboxylic acids is 2. The predicted molar refractivity (Wildman–Crippen MR) is 137 cm³/mol. The summed E-state index contributed by atoms with van der Waals surface area (Å²) in [6.07, 6.45) is 11.6. The second-order valence-electron chi connectivity index (χ2n) is 8.98. The Labute approximate surface area is 201 Å². The van der Waals surface area contributed by atoms with Crippen molar-refractivity contribution in [3.8, 4) is 0 Å². The molecule has 0 saturated carbocycles. The normalized spacial score (nSPS) is 20.4. The Morgan fingerprint density at radius 2 is 1.67 bits per heavy atom. The minimum atomic E-state index is -0.329. The first-order valence-electron chi connectivity index (χ1n) is 11.7. The SMILES string of the molecule is CCN1C(=O)C(=C/C=C/C=C/C2=C3N(CCC2)c2ccccc2C3(C)C)C(=O)N(CC)C1=S. The average molecular weight is 462 g/mol. The fourth-order valence-electron chi connectivity index (χ4n) is 5.13. The zero-order chi connectivity index (χ0) is 23.8. The molecule has 1 aromatic carbocycles. The third-order valence-electron chi connectivity index (χ3n) is 6.69. The van der Waals surface area contributed by atoms with Crippen molar-refractivity contribution < 1.29 is 9.59 Å². The van der Waals surface area contributed by atoms with Crippen LogP contribution in [-0.2, 0) is 15.0 Å². The molecule has 0 unspecified atom stereocenters. The maximum atomic E-state index is 12.7. The van der Waals surface area contributed by atoms with Gasteiger partial charge >= 0.3 is 0 Å². The minimum absolute atomic E-state index is 0.0328. The van der Waals surface area contributed by atoms with Crippen molar-refractivity contribution in [2.75, 3.05) is 24.5 Å². The number of allylic oxidation sites excluding steroid dienone is 7. The van der Waals surface area contributed by atoms with Gasteiger partial charge in [0.05, 0.1) is 0 Å². The molecule has 172 valence electrons. The van der Waals surface area contributed by atoms with Crippen molar-refractivity contribution in [1.29, 1.82) is 0 Å². The molecule has 0 aliphatic carbocycles. The van der Waals surface area contributed by atoms with Crippen LogP contribution in [0.3, 0.4) is 0 Å². The van der Waals surface area contributed by atoms with E-state index in [9.17, 15) is 9.59 Å². The Morgan fingerprint density at radius 3 is 2.33 bits per heavy atom. The van der Waals surface area contributed by atoms with Gasteiger partial charge in [0.2, 0.25) is 0 Å². The highest BCUT2D eigenvalue weighted by atomic mass is 32.1. The second-order valence-corrected chi connectivity index (χ2v) is 9.34. The van der Waals surface area contributed by atoms with Crippen LogP contribution in [0.1, 0.15) is 46.1 Å². The molecular formula is C27H31N3O2S. The van der Waals surface area contributed by atoms with E-state index < -0.39 is 0 Å². The molecule has 33 heavy (non-hydrogen) atoms. The van der Waals surface area contributed by atoms with Gasteiger partial charge in [-0.3, -0.25) is 19.4 Å². The van der Waals surface area contributed by atoms with E-state index in [1.54, 1.807) is 12.2 Å². The highest BCUT2D eigenvalue weighted by Gasteiger charge is 2.42.